The predicted octanol–water partition coefficient (Wildman–Crippen LogP) is 4.14. The second kappa shape index (κ2) is 6.78. The Kier molecular flexibility index (Phi) is 5.04. The minimum atomic E-state index is -0.429. The van der Waals surface area contributed by atoms with E-state index in [0.717, 1.165) is 11.3 Å². The summed E-state index contributed by atoms with van der Waals surface area (Å²) in [5.41, 5.74) is 1.78. The van der Waals surface area contributed by atoms with E-state index in [2.05, 4.69) is 15.6 Å². The fourth-order valence-corrected chi connectivity index (χ4v) is 1.97. The summed E-state index contributed by atoms with van der Waals surface area (Å²) in [5, 5.41) is 6.98. The van der Waals surface area contributed by atoms with Crippen LogP contribution < -0.4 is 10.6 Å². The van der Waals surface area contributed by atoms with Gasteiger partial charge in [-0.25, -0.2) is 4.98 Å². The number of anilines is 2. The molecule has 1 unspecified atom stereocenters. The maximum Gasteiger partial charge on any atom is 0.247 e. The number of nitrogens with one attached hydrogen (secondary N) is 2. The Morgan fingerprint density at radius 2 is 2.00 bits per heavy atom. The Labute approximate surface area is 133 Å². The molecule has 6 heteroatoms. The number of amides is 1. The Balaban J connectivity index is 1.98. The zero-order chi connectivity index (χ0) is 15.4. The Bertz CT molecular complexity index is 644. The van der Waals surface area contributed by atoms with Gasteiger partial charge >= 0.3 is 0 Å². The van der Waals surface area contributed by atoms with Crippen LogP contribution in [-0.4, -0.2) is 16.9 Å². The number of aromatic nitrogens is 1. The van der Waals surface area contributed by atoms with E-state index < -0.39 is 6.04 Å². The standard InChI is InChI=1S/C15H15Cl2N3O/c1-9-3-5-12(7-13(9)17)19-10(2)15(21)20-14-6-4-11(16)8-18-14/h3-8,10,19H,1-2H3,(H,18,20,21). The van der Waals surface area contributed by atoms with E-state index >= 15 is 0 Å². The molecule has 0 spiro atoms. The number of rotatable bonds is 4. The molecule has 0 aliphatic heterocycles. The van der Waals surface area contributed by atoms with E-state index in [1.807, 2.05) is 19.1 Å². The summed E-state index contributed by atoms with van der Waals surface area (Å²) >= 11 is 11.8. The van der Waals surface area contributed by atoms with Crippen molar-refractivity contribution in [1.82, 2.24) is 4.98 Å². The lowest BCUT2D eigenvalue weighted by molar-refractivity contribution is -0.116. The van der Waals surface area contributed by atoms with Crippen molar-refractivity contribution in [3.8, 4) is 0 Å². The smallest absolute Gasteiger partial charge is 0.247 e. The quantitative estimate of drug-likeness (QED) is 0.889. The van der Waals surface area contributed by atoms with Crippen molar-refractivity contribution in [2.45, 2.75) is 19.9 Å². The lowest BCUT2D eigenvalue weighted by atomic mass is 10.2. The van der Waals surface area contributed by atoms with Gasteiger partial charge in [-0.2, -0.15) is 0 Å². The topological polar surface area (TPSA) is 54.0 Å². The van der Waals surface area contributed by atoms with Crippen LogP contribution in [0.25, 0.3) is 0 Å². The molecule has 0 saturated carbocycles. The normalized spacial score (nSPS) is 11.8. The first-order chi connectivity index (χ1) is 9.95. The van der Waals surface area contributed by atoms with Gasteiger partial charge < -0.3 is 10.6 Å². The van der Waals surface area contributed by atoms with E-state index in [1.54, 1.807) is 25.1 Å². The first kappa shape index (κ1) is 15.6. The molecule has 4 nitrogen and oxygen atoms in total. The molecule has 2 N–H and O–H groups in total. The van der Waals surface area contributed by atoms with Crippen molar-refractivity contribution in [1.29, 1.82) is 0 Å². The molecule has 0 saturated heterocycles. The van der Waals surface area contributed by atoms with Crippen LogP contribution >= 0.6 is 23.2 Å². The molecule has 0 bridgehead atoms. The molecule has 0 aliphatic rings. The van der Waals surface area contributed by atoms with Gasteiger partial charge in [0.1, 0.15) is 11.9 Å². The summed E-state index contributed by atoms with van der Waals surface area (Å²) in [6.45, 7) is 3.69. The van der Waals surface area contributed by atoms with Crippen molar-refractivity contribution in [2.24, 2.45) is 0 Å². The lowest BCUT2D eigenvalue weighted by Crippen LogP contribution is -2.32. The highest BCUT2D eigenvalue weighted by atomic mass is 35.5. The first-order valence-electron chi connectivity index (χ1n) is 6.41. The van der Waals surface area contributed by atoms with E-state index in [1.165, 1.54) is 6.20 Å². The molecule has 21 heavy (non-hydrogen) atoms. The molecule has 1 atom stereocenters. The van der Waals surface area contributed by atoms with E-state index in [0.29, 0.717) is 15.9 Å². The van der Waals surface area contributed by atoms with E-state index in [-0.39, 0.29) is 5.91 Å². The second-order valence-electron chi connectivity index (χ2n) is 4.68. The Hall–Kier alpha value is -1.78. The molecule has 0 radical (unpaired) electrons. The van der Waals surface area contributed by atoms with Crippen molar-refractivity contribution >= 4 is 40.6 Å². The number of hydrogen-bond donors (Lipinski definition) is 2. The molecule has 1 aromatic carbocycles. The third kappa shape index (κ3) is 4.34. The van der Waals surface area contributed by atoms with Crippen molar-refractivity contribution < 1.29 is 4.79 Å². The number of hydrogen-bond acceptors (Lipinski definition) is 3. The fraction of sp³-hybridized carbons (Fsp3) is 0.200. The molecule has 0 aliphatic carbocycles. The van der Waals surface area contributed by atoms with Gasteiger partial charge in [-0.3, -0.25) is 4.79 Å². The zero-order valence-electron chi connectivity index (χ0n) is 11.7. The molecule has 0 fully saturated rings. The summed E-state index contributed by atoms with van der Waals surface area (Å²) in [6.07, 6.45) is 1.48. The predicted molar refractivity (Wildman–Crippen MR) is 87.2 cm³/mol. The highest BCUT2D eigenvalue weighted by molar-refractivity contribution is 6.31. The minimum Gasteiger partial charge on any atom is -0.374 e. The van der Waals surface area contributed by atoms with Crippen LogP contribution in [0.4, 0.5) is 11.5 Å². The van der Waals surface area contributed by atoms with Crippen LogP contribution in [0.15, 0.2) is 36.5 Å². The minimum absolute atomic E-state index is 0.193. The van der Waals surface area contributed by atoms with Gasteiger partial charge in [0.15, 0.2) is 0 Å². The van der Waals surface area contributed by atoms with Crippen LogP contribution in [0.5, 0.6) is 0 Å². The zero-order valence-corrected chi connectivity index (χ0v) is 13.2. The van der Waals surface area contributed by atoms with E-state index in [4.69, 9.17) is 23.2 Å². The molecule has 1 aromatic heterocycles. The summed E-state index contributed by atoms with van der Waals surface area (Å²) in [7, 11) is 0. The summed E-state index contributed by atoms with van der Waals surface area (Å²) < 4.78 is 0. The van der Waals surface area contributed by atoms with E-state index in [9.17, 15) is 4.79 Å². The molecule has 1 amide bonds. The Morgan fingerprint density at radius 1 is 1.24 bits per heavy atom. The van der Waals surface area contributed by atoms with Crippen molar-refractivity contribution in [2.75, 3.05) is 10.6 Å². The second-order valence-corrected chi connectivity index (χ2v) is 5.52. The number of carbonyl (C=O) groups is 1. The van der Waals surface area contributed by atoms with Gasteiger partial charge in [-0.1, -0.05) is 29.3 Å². The number of carbonyl (C=O) groups excluding carboxylic acids is 1. The average Bonchev–Trinajstić information content (AvgIpc) is 2.45. The number of benzene rings is 1. The van der Waals surface area contributed by atoms with Crippen molar-refractivity contribution in [3.63, 3.8) is 0 Å². The lowest BCUT2D eigenvalue weighted by Gasteiger charge is -2.15. The van der Waals surface area contributed by atoms with Crippen LogP contribution in [-0.2, 0) is 4.79 Å². The highest BCUT2D eigenvalue weighted by Gasteiger charge is 2.13. The third-order valence-corrected chi connectivity index (χ3v) is 3.56. The van der Waals surface area contributed by atoms with Gasteiger partial charge in [0, 0.05) is 16.9 Å². The molecular weight excluding hydrogens is 309 g/mol. The van der Waals surface area contributed by atoms with Gasteiger partial charge in [-0.05, 0) is 43.7 Å². The maximum atomic E-state index is 12.1. The van der Waals surface area contributed by atoms with Crippen LogP contribution in [0, 0.1) is 6.92 Å². The van der Waals surface area contributed by atoms with Crippen LogP contribution in [0.2, 0.25) is 10.0 Å². The number of pyridine rings is 1. The van der Waals surface area contributed by atoms with Gasteiger partial charge in [0.05, 0.1) is 5.02 Å². The average molecular weight is 324 g/mol. The molecule has 1 heterocycles. The summed E-state index contributed by atoms with van der Waals surface area (Å²) in [4.78, 5) is 16.1. The van der Waals surface area contributed by atoms with Crippen LogP contribution in [0.1, 0.15) is 12.5 Å². The summed E-state index contributed by atoms with van der Waals surface area (Å²) in [6, 6.07) is 8.46. The highest BCUT2D eigenvalue weighted by Crippen LogP contribution is 2.20. The fourth-order valence-electron chi connectivity index (χ4n) is 1.68. The number of aryl methyl sites for hydroxylation is 1. The number of nitrogens with zero attached hydrogens (tertiary/aromatic N) is 1. The third-order valence-electron chi connectivity index (χ3n) is 2.93. The largest absolute Gasteiger partial charge is 0.374 e. The molecular formula is C15H15Cl2N3O. The van der Waals surface area contributed by atoms with Gasteiger partial charge in [-0.15, -0.1) is 0 Å². The summed E-state index contributed by atoms with van der Waals surface area (Å²) in [5.74, 6) is 0.265. The Morgan fingerprint density at radius 3 is 2.62 bits per heavy atom. The monoisotopic (exact) mass is 323 g/mol. The number of halogens is 2. The molecule has 2 aromatic rings. The van der Waals surface area contributed by atoms with Gasteiger partial charge in [0.25, 0.3) is 0 Å². The maximum absolute atomic E-state index is 12.1. The van der Waals surface area contributed by atoms with Gasteiger partial charge in [0.2, 0.25) is 5.91 Å². The van der Waals surface area contributed by atoms with Crippen molar-refractivity contribution in [3.05, 3.63) is 52.1 Å². The SMILES string of the molecule is Cc1ccc(NC(C)C(=O)Nc2ccc(Cl)cn2)cc1Cl. The first-order valence-corrected chi connectivity index (χ1v) is 7.16. The molecule has 2 rings (SSSR count). The van der Waals surface area contributed by atoms with Crippen LogP contribution in [0.3, 0.4) is 0 Å². The molecule has 110 valence electrons.